The Kier molecular flexibility index (Phi) is 7.41. The van der Waals surface area contributed by atoms with E-state index in [1.807, 2.05) is 13.8 Å². The van der Waals surface area contributed by atoms with Crippen molar-refractivity contribution in [3.63, 3.8) is 0 Å². The summed E-state index contributed by atoms with van der Waals surface area (Å²) < 4.78 is 1.38. The number of carbonyl (C=O) groups is 1. The molecule has 0 unspecified atom stereocenters. The summed E-state index contributed by atoms with van der Waals surface area (Å²) in [5.41, 5.74) is 5.17. The van der Waals surface area contributed by atoms with Gasteiger partial charge in [0.25, 0.3) is 5.56 Å². The summed E-state index contributed by atoms with van der Waals surface area (Å²) in [4.78, 5) is 23.4. The minimum Gasteiger partial charge on any atom is -0.348 e. The van der Waals surface area contributed by atoms with E-state index >= 15 is 0 Å². The second-order valence-corrected chi connectivity index (χ2v) is 4.41. The van der Waals surface area contributed by atoms with Gasteiger partial charge in [-0.15, -0.1) is 12.4 Å². The average Bonchev–Trinajstić information content (AvgIpc) is 2.39. The number of nitrogens with two attached hydrogens (primary N) is 1. The number of nitrogens with zero attached hydrogens (tertiary/aromatic N) is 1. The van der Waals surface area contributed by atoms with Crippen LogP contribution in [0.25, 0.3) is 0 Å². The van der Waals surface area contributed by atoms with Gasteiger partial charge in [-0.2, -0.15) is 0 Å². The van der Waals surface area contributed by atoms with Crippen molar-refractivity contribution in [3.05, 3.63) is 34.7 Å². The molecule has 19 heavy (non-hydrogen) atoms. The van der Waals surface area contributed by atoms with Crippen molar-refractivity contribution in [1.29, 1.82) is 0 Å². The number of pyridine rings is 1. The second kappa shape index (κ2) is 7.96. The smallest absolute Gasteiger partial charge is 0.250 e. The Morgan fingerprint density at radius 2 is 2.00 bits per heavy atom. The SMILES string of the molecule is CCC(CC)(CN)NC(=O)Cn1ccccc1=O.Cl. The minimum absolute atomic E-state index is 0. The Bertz CT molecular complexity index is 447. The standard InChI is InChI=1S/C13H21N3O2.ClH/c1-3-13(4-2,10-14)15-11(17)9-16-8-6-5-7-12(16)18;/h5-8H,3-4,9-10,14H2,1-2H3,(H,15,17);1H. The van der Waals surface area contributed by atoms with Crippen molar-refractivity contribution in [2.24, 2.45) is 5.73 Å². The van der Waals surface area contributed by atoms with Gasteiger partial charge in [0.1, 0.15) is 6.54 Å². The van der Waals surface area contributed by atoms with E-state index in [2.05, 4.69) is 5.32 Å². The van der Waals surface area contributed by atoms with Crippen molar-refractivity contribution in [3.8, 4) is 0 Å². The van der Waals surface area contributed by atoms with Gasteiger partial charge < -0.3 is 15.6 Å². The zero-order valence-corrected chi connectivity index (χ0v) is 12.2. The molecule has 0 spiro atoms. The van der Waals surface area contributed by atoms with Crippen LogP contribution in [-0.4, -0.2) is 22.6 Å². The van der Waals surface area contributed by atoms with Gasteiger partial charge in [0.15, 0.2) is 0 Å². The highest BCUT2D eigenvalue weighted by Gasteiger charge is 2.26. The Morgan fingerprint density at radius 1 is 1.37 bits per heavy atom. The van der Waals surface area contributed by atoms with E-state index in [1.54, 1.807) is 18.3 Å². The molecule has 0 radical (unpaired) electrons. The first kappa shape index (κ1) is 17.7. The van der Waals surface area contributed by atoms with Crippen molar-refractivity contribution < 1.29 is 4.79 Å². The highest BCUT2D eigenvalue weighted by Crippen LogP contribution is 2.12. The maximum absolute atomic E-state index is 11.9. The number of carbonyl (C=O) groups excluding carboxylic acids is 1. The summed E-state index contributed by atoms with van der Waals surface area (Å²) in [7, 11) is 0. The predicted molar refractivity (Wildman–Crippen MR) is 78.5 cm³/mol. The molecule has 0 saturated heterocycles. The Morgan fingerprint density at radius 3 is 2.47 bits per heavy atom. The van der Waals surface area contributed by atoms with E-state index in [1.165, 1.54) is 10.6 Å². The maximum Gasteiger partial charge on any atom is 0.250 e. The quantitative estimate of drug-likeness (QED) is 0.816. The number of nitrogens with one attached hydrogen (secondary N) is 1. The summed E-state index contributed by atoms with van der Waals surface area (Å²) in [6, 6.07) is 4.81. The largest absolute Gasteiger partial charge is 0.348 e. The predicted octanol–water partition coefficient (Wildman–Crippen LogP) is 0.904. The zero-order valence-electron chi connectivity index (χ0n) is 11.4. The summed E-state index contributed by atoms with van der Waals surface area (Å²) in [6.07, 6.45) is 3.15. The lowest BCUT2D eigenvalue weighted by molar-refractivity contribution is -0.123. The van der Waals surface area contributed by atoms with Crippen LogP contribution >= 0.6 is 12.4 Å². The average molecular weight is 288 g/mol. The first-order chi connectivity index (χ1) is 8.56. The van der Waals surface area contributed by atoms with Crippen molar-refractivity contribution in [2.75, 3.05) is 6.54 Å². The molecule has 1 rings (SSSR count). The third-order valence-corrected chi connectivity index (χ3v) is 3.36. The third-order valence-electron chi connectivity index (χ3n) is 3.36. The number of hydrogen-bond donors (Lipinski definition) is 2. The highest BCUT2D eigenvalue weighted by atomic mass is 35.5. The lowest BCUT2D eigenvalue weighted by Crippen LogP contribution is -2.54. The minimum atomic E-state index is -0.366. The number of halogens is 1. The highest BCUT2D eigenvalue weighted by molar-refractivity contribution is 5.85. The first-order valence-electron chi connectivity index (χ1n) is 6.23. The van der Waals surface area contributed by atoms with E-state index in [0.717, 1.165) is 12.8 Å². The molecule has 1 aromatic rings. The number of hydrogen-bond acceptors (Lipinski definition) is 3. The normalized spacial score (nSPS) is 10.7. The van der Waals surface area contributed by atoms with Gasteiger partial charge in [-0.25, -0.2) is 0 Å². The molecule has 0 bridgehead atoms. The van der Waals surface area contributed by atoms with Gasteiger partial charge in [-0.3, -0.25) is 9.59 Å². The topological polar surface area (TPSA) is 77.1 Å². The molecule has 0 aliphatic rings. The van der Waals surface area contributed by atoms with Gasteiger partial charge in [0.05, 0.1) is 5.54 Å². The van der Waals surface area contributed by atoms with Crippen LogP contribution in [0.5, 0.6) is 0 Å². The molecule has 0 saturated carbocycles. The van der Waals surface area contributed by atoms with Crippen LogP contribution in [0.1, 0.15) is 26.7 Å². The van der Waals surface area contributed by atoms with Crippen LogP contribution in [0, 0.1) is 0 Å². The number of amides is 1. The summed E-state index contributed by atoms with van der Waals surface area (Å²) in [5, 5.41) is 2.93. The van der Waals surface area contributed by atoms with Gasteiger partial charge in [-0.1, -0.05) is 19.9 Å². The maximum atomic E-state index is 11.9. The molecular weight excluding hydrogens is 266 g/mol. The van der Waals surface area contributed by atoms with Gasteiger partial charge in [0, 0.05) is 18.8 Å². The van der Waals surface area contributed by atoms with E-state index in [4.69, 9.17) is 5.73 Å². The lowest BCUT2D eigenvalue weighted by Gasteiger charge is -2.31. The van der Waals surface area contributed by atoms with Crippen LogP contribution < -0.4 is 16.6 Å². The molecule has 5 nitrogen and oxygen atoms in total. The van der Waals surface area contributed by atoms with Crippen molar-refractivity contribution in [1.82, 2.24) is 9.88 Å². The molecular formula is C13H22ClN3O2. The molecule has 0 atom stereocenters. The summed E-state index contributed by atoms with van der Waals surface area (Å²) >= 11 is 0. The van der Waals surface area contributed by atoms with Crippen LogP contribution in [-0.2, 0) is 11.3 Å². The number of aromatic nitrogens is 1. The molecule has 3 N–H and O–H groups in total. The van der Waals surface area contributed by atoms with Crippen LogP contribution in [0.15, 0.2) is 29.2 Å². The number of rotatable bonds is 6. The summed E-state index contributed by atoms with van der Waals surface area (Å²) in [6.45, 7) is 4.41. The lowest BCUT2D eigenvalue weighted by atomic mass is 9.93. The summed E-state index contributed by atoms with van der Waals surface area (Å²) in [5.74, 6) is -0.183. The van der Waals surface area contributed by atoms with Gasteiger partial charge >= 0.3 is 0 Å². The van der Waals surface area contributed by atoms with Gasteiger partial charge in [-0.05, 0) is 18.9 Å². The monoisotopic (exact) mass is 287 g/mol. The fraction of sp³-hybridized carbons (Fsp3) is 0.538. The van der Waals surface area contributed by atoms with Crippen molar-refractivity contribution in [2.45, 2.75) is 38.8 Å². The molecule has 0 fully saturated rings. The van der Waals surface area contributed by atoms with Crippen LogP contribution in [0.4, 0.5) is 0 Å². The molecule has 6 heteroatoms. The zero-order chi connectivity index (χ0) is 13.6. The fourth-order valence-corrected chi connectivity index (χ4v) is 1.85. The first-order valence-corrected chi connectivity index (χ1v) is 6.23. The van der Waals surface area contributed by atoms with Crippen LogP contribution in [0.2, 0.25) is 0 Å². The molecule has 1 heterocycles. The Labute approximate surface area is 119 Å². The van der Waals surface area contributed by atoms with Crippen LogP contribution in [0.3, 0.4) is 0 Å². The molecule has 108 valence electrons. The second-order valence-electron chi connectivity index (χ2n) is 4.41. The Hall–Kier alpha value is -1.33. The molecule has 1 amide bonds. The van der Waals surface area contributed by atoms with E-state index in [-0.39, 0.29) is 36.0 Å². The third kappa shape index (κ3) is 4.69. The van der Waals surface area contributed by atoms with E-state index < -0.39 is 0 Å². The van der Waals surface area contributed by atoms with Crippen molar-refractivity contribution >= 4 is 18.3 Å². The van der Waals surface area contributed by atoms with E-state index in [9.17, 15) is 9.59 Å². The molecule has 0 aliphatic carbocycles. The Balaban J connectivity index is 0.00000324. The van der Waals surface area contributed by atoms with Gasteiger partial charge in [0.2, 0.25) is 5.91 Å². The van der Waals surface area contributed by atoms with E-state index in [0.29, 0.717) is 6.54 Å². The molecule has 0 aliphatic heterocycles. The molecule has 0 aromatic carbocycles. The molecule has 1 aromatic heterocycles. The fourth-order valence-electron chi connectivity index (χ4n) is 1.85.